The van der Waals surface area contributed by atoms with Crippen LogP contribution in [0.2, 0.25) is 10.0 Å². The Hall–Kier alpha value is -3.16. The lowest BCUT2D eigenvalue weighted by Crippen LogP contribution is -2.30. The number of halogens is 2. The Balaban J connectivity index is 1.71. The zero-order chi connectivity index (χ0) is 21.5. The number of nitrogens with zero attached hydrogens (tertiary/aromatic N) is 6. The molecule has 2 aromatic carbocycles. The van der Waals surface area contributed by atoms with Gasteiger partial charge in [-0.2, -0.15) is 10.2 Å². The first-order valence-corrected chi connectivity index (χ1v) is 10.4. The Morgan fingerprint density at radius 2 is 1.84 bits per heavy atom. The molecule has 7 nitrogen and oxygen atoms in total. The Morgan fingerprint density at radius 3 is 2.65 bits per heavy atom. The van der Waals surface area contributed by atoms with Gasteiger partial charge in [-0.3, -0.25) is 0 Å². The van der Waals surface area contributed by atoms with E-state index in [1.165, 1.54) is 0 Å². The van der Waals surface area contributed by atoms with Crippen LogP contribution in [-0.2, 0) is 0 Å². The molecule has 2 aromatic heterocycles. The second kappa shape index (κ2) is 7.83. The largest absolute Gasteiger partial charge is 0.494 e. The molecular formula is C22H18Cl2N6O. The van der Waals surface area contributed by atoms with Crippen molar-refractivity contribution in [3.63, 3.8) is 0 Å². The molecule has 0 bridgehead atoms. The van der Waals surface area contributed by atoms with Gasteiger partial charge in [0.1, 0.15) is 23.6 Å². The lowest BCUT2D eigenvalue weighted by molar-refractivity contribution is 0.409. The molecule has 31 heavy (non-hydrogen) atoms. The molecule has 1 aliphatic rings. The predicted octanol–water partition coefficient (Wildman–Crippen LogP) is 5.26. The maximum atomic E-state index is 6.37. The fourth-order valence-corrected chi connectivity index (χ4v) is 4.35. The third-order valence-electron chi connectivity index (χ3n) is 5.42. The topological polar surface area (TPSA) is 70.1 Å². The minimum Gasteiger partial charge on any atom is -0.494 e. The highest BCUT2D eigenvalue weighted by molar-refractivity contribution is 6.42. The van der Waals surface area contributed by atoms with E-state index < -0.39 is 0 Å². The van der Waals surface area contributed by atoms with E-state index in [-0.39, 0.29) is 12.0 Å². The number of hydrogen-bond donors (Lipinski definition) is 0. The zero-order valence-electron chi connectivity index (χ0n) is 16.8. The maximum Gasteiger partial charge on any atom is 0.150 e. The highest BCUT2D eigenvalue weighted by atomic mass is 35.5. The molecule has 4 aromatic rings. The van der Waals surface area contributed by atoms with Crippen molar-refractivity contribution < 1.29 is 4.74 Å². The summed E-state index contributed by atoms with van der Waals surface area (Å²) in [6.45, 7) is 1.99. The van der Waals surface area contributed by atoms with Crippen molar-refractivity contribution in [2.75, 3.05) is 7.11 Å². The summed E-state index contributed by atoms with van der Waals surface area (Å²) < 4.78 is 9.23. The van der Waals surface area contributed by atoms with Crippen molar-refractivity contribution in [3.8, 4) is 11.4 Å². The monoisotopic (exact) mass is 452 g/mol. The molecule has 2 atom stereocenters. The number of aromatic nitrogens is 5. The lowest BCUT2D eigenvalue weighted by Gasteiger charge is -2.32. The molecule has 5 rings (SSSR count). The molecule has 0 radical (unpaired) electrons. The van der Waals surface area contributed by atoms with Crippen LogP contribution in [0, 0.1) is 0 Å². The number of ether oxygens (including phenoxy) is 1. The molecule has 0 N–H and O–H groups in total. The van der Waals surface area contributed by atoms with Crippen LogP contribution in [-0.4, -0.2) is 37.4 Å². The van der Waals surface area contributed by atoms with Gasteiger partial charge in [-0.1, -0.05) is 41.4 Å². The van der Waals surface area contributed by atoms with Crippen LogP contribution >= 0.6 is 23.2 Å². The van der Waals surface area contributed by atoms with E-state index in [0.717, 1.165) is 28.6 Å². The number of benzene rings is 2. The van der Waals surface area contributed by atoms with Crippen LogP contribution in [0.5, 0.6) is 5.75 Å². The van der Waals surface area contributed by atoms with Crippen molar-refractivity contribution in [1.82, 2.24) is 24.5 Å². The van der Waals surface area contributed by atoms with Gasteiger partial charge in [-0.05, 0) is 36.8 Å². The molecule has 0 aliphatic carbocycles. The molecule has 1 unspecified atom stereocenters. The summed E-state index contributed by atoms with van der Waals surface area (Å²) in [4.78, 5) is 9.41. The quantitative estimate of drug-likeness (QED) is 0.423. The summed E-state index contributed by atoms with van der Waals surface area (Å²) in [7, 11) is 1.64. The van der Waals surface area contributed by atoms with Gasteiger partial charge in [0.15, 0.2) is 5.82 Å². The van der Waals surface area contributed by atoms with Crippen molar-refractivity contribution in [1.29, 1.82) is 0 Å². The molecule has 156 valence electrons. The fourth-order valence-electron chi connectivity index (χ4n) is 4.04. The summed E-state index contributed by atoms with van der Waals surface area (Å²) in [6.07, 6.45) is 3.28. The number of rotatable bonds is 4. The predicted molar refractivity (Wildman–Crippen MR) is 120 cm³/mol. The van der Waals surface area contributed by atoms with Gasteiger partial charge in [0.05, 0.1) is 35.3 Å². The van der Waals surface area contributed by atoms with E-state index in [1.54, 1.807) is 30.4 Å². The number of aliphatic imine (C=N–C) groups is 1. The lowest BCUT2D eigenvalue weighted by atomic mass is 9.87. The van der Waals surface area contributed by atoms with Crippen molar-refractivity contribution in [2.24, 2.45) is 4.99 Å². The summed E-state index contributed by atoms with van der Waals surface area (Å²) in [5, 5.41) is 10.0. The molecule has 0 fully saturated rings. The highest BCUT2D eigenvalue weighted by Gasteiger charge is 2.38. The van der Waals surface area contributed by atoms with Gasteiger partial charge in [0, 0.05) is 11.8 Å². The number of para-hydroxylation sites is 2. The van der Waals surface area contributed by atoms with E-state index in [9.17, 15) is 0 Å². The Labute approximate surface area is 188 Å². The first-order chi connectivity index (χ1) is 15.1. The summed E-state index contributed by atoms with van der Waals surface area (Å²) in [6, 6.07) is 15.0. The SMILES string of the molecule is COc1ccccc1-n1ncnc1C1C(C)=Nc2ccnn2[C@@H]1c1ccc(Cl)c(Cl)c1. The van der Waals surface area contributed by atoms with Crippen molar-refractivity contribution in [3.05, 3.63) is 82.5 Å². The normalized spacial score (nSPS) is 17.9. The van der Waals surface area contributed by atoms with Crippen LogP contribution in [0.1, 0.15) is 30.3 Å². The van der Waals surface area contributed by atoms with Crippen molar-refractivity contribution in [2.45, 2.75) is 18.9 Å². The van der Waals surface area contributed by atoms with Gasteiger partial charge in [-0.15, -0.1) is 0 Å². The third-order valence-corrected chi connectivity index (χ3v) is 6.16. The first-order valence-electron chi connectivity index (χ1n) is 9.65. The first kappa shape index (κ1) is 19.8. The van der Waals surface area contributed by atoms with Gasteiger partial charge >= 0.3 is 0 Å². The van der Waals surface area contributed by atoms with Crippen molar-refractivity contribution >= 4 is 34.7 Å². The Morgan fingerprint density at radius 1 is 1.00 bits per heavy atom. The van der Waals surface area contributed by atoms with E-state index >= 15 is 0 Å². The second-order valence-corrected chi connectivity index (χ2v) is 8.00. The summed E-state index contributed by atoms with van der Waals surface area (Å²) >= 11 is 12.6. The van der Waals surface area contributed by atoms with E-state index in [4.69, 9.17) is 32.9 Å². The Bertz CT molecular complexity index is 1290. The van der Waals surface area contributed by atoms with Crippen LogP contribution in [0.25, 0.3) is 5.69 Å². The molecule has 0 saturated heterocycles. The molecular weight excluding hydrogens is 435 g/mol. The van der Waals surface area contributed by atoms with Gasteiger partial charge in [0.2, 0.25) is 0 Å². The van der Waals surface area contributed by atoms with E-state index in [0.29, 0.717) is 15.8 Å². The van der Waals surface area contributed by atoms with Crippen LogP contribution in [0.3, 0.4) is 0 Å². The minimum atomic E-state index is -0.239. The molecule has 0 amide bonds. The zero-order valence-corrected chi connectivity index (χ0v) is 18.3. The maximum absolute atomic E-state index is 6.37. The second-order valence-electron chi connectivity index (χ2n) is 7.19. The van der Waals surface area contributed by atoms with Crippen LogP contribution < -0.4 is 4.74 Å². The standard InChI is InChI=1S/C22H18Cl2N6O/c1-13-20(22-25-12-27-29(22)17-5-3-4-6-18(17)31-2)21(30-19(28-13)9-10-26-30)14-7-8-15(23)16(24)11-14/h3-12,20-21H,1-2H3/t20?,21-/m1/s1. The Kier molecular flexibility index (Phi) is 5.00. The molecule has 0 saturated carbocycles. The molecule has 1 aliphatic heterocycles. The minimum absolute atomic E-state index is 0.227. The average Bonchev–Trinajstić information content (AvgIpc) is 3.44. The highest BCUT2D eigenvalue weighted by Crippen LogP contribution is 2.42. The van der Waals surface area contributed by atoms with E-state index in [2.05, 4.69) is 15.2 Å². The molecule has 3 heterocycles. The summed E-state index contributed by atoms with van der Waals surface area (Å²) in [5.74, 6) is 1.96. The van der Waals surface area contributed by atoms with Gasteiger partial charge in [-0.25, -0.2) is 19.3 Å². The molecule has 0 spiro atoms. The van der Waals surface area contributed by atoms with E-state index in [1.807, 2.05) is 54.1 Å². The summed E-state index contributed by atoms with van der Waals surface area (Å²) in [5.41, 5.74) is 2.64. The smallest absolute Gasteiger partial charge is 0.150 e. The fraction of sp³-hybridized carbons (Fsp3) is 0.182. The van der Waals surface area contributed by atoms with Gasteiger partial charge in [0.25, 0.3) is 0 Å². The number of fused-ring (bicyclic) bond motifs is 1. The van der Waals surface area contributed by atoms with Crippen LogP contribution in [0.15, 0.2) is 66.0 Å². The van der Waals surface area contributed by atoms with Gasteiger partial charge < -0.3 is 4.74 Å². The number of hydrogen-bond acceptors (Lipinski definition) is 5. The number of methoxy groups -OCH3 is 1. The van der Waals surface area contributed by atoms with Crippen LogP contribution in [0.4, 0.5) is 5.82 Å². The average molecular weight is 453 g/mol. The third kappa shape index (κ3) is 3.30. The molecule has 9 heteroatoms.